The molecule has 3 aliphatic heterocycles. The number of aliphatic hydroxyl groups is 1. The van der Waals surface area contributed by atoms with E-state index in [2.05, 4.69) is 4.90 Å². The third kappa shape index (κ3) is 3.13. The second-order valence-corrected chi connectivity index (χ2v) is 7.09. The van der Waals surface area contributed by atoms with Crippen molar-refractivity contribution >= 4 is 11.8 Å². The maximum atomic E-state index is 12.7. The van der Waals surface area contributed by atoms with Crippen molar-refractivity contribution in [1.29, 1.82) is 0 Å². The zero-order valence-electron chi connectivity index (χ0n) is 13.5. The fraction of sp³-hybridized carbons (Fsp3) is 0.875. The van der Waals surface area contributed by atoms with E-state index < -0.39 is 5.60 Å². The van der Waals surface area contributed by atoms with Crippen LogP contribution < -0.4 is 0 Å². The Morgan fingerprint density at radius 2 is 1.86 bits per heavy atom. The van der Waals surface area contributed by atoms with E-state index in [-0.39, 0.29) is 17.9 Å². The van der Waals surface area contributed by atoms with Crippen molar-refractivity contribution in [1.82, 2.24) is 14.7 Å². The van der Waals surface area contributed by atoms with Crippen molar-refractivity contribution in [3.8, 4) is 0 Å². The average Bonchev–Trinajstić information content (AvgIpc) is 3.18. The first-order valence-corrected chi connectivity index (χ1v) is 8.49. The normalized spacial score (nSPS) is 32.9. The van der Waals surface area contributed by atoms with E-state index in [1.807, 2.05) is 0 Å². The Bertz CT molecular complexity index is 450. The highest BCUT2D eigenvalue weighted by molar-refractivity contribution is 5.87. The van der Waals surface area contributed by atoms with Crippen LogP contribution in [0.3, 0.4) is 0 Å². The molecule has 0 aromatic carbocycles. The van der Waals surface area contributed by atoms with Gasteiger partial charge in [0.25, 0.3) is 0 Å². The van der Waals surface area contributed by atoms with E-state index in [4.69, 9.17) is 0 Å². The summed E-state index contributed by atoms with van der Waals surface area (Å²) in [5.74, 6) is -0.00702. The van der Waals surface area contributed by atoms with Gasteiger partial charge in [-0.2, -0.15) is 0 Å². The minimum atomic E-state index is -0.778. The number of nitrogens with zero attached hydrogens (tertiary/aromatic N) is 3. The molecule has 0 aromatic rings. The molecule has 0 bridgehead atoms. The molecule has 2 amide bonds. The van der Waals surface area contributed by atoms with E-state index in [9.17, 15) is 14.7 Å². The minimum Gasteiger partial charge on any atom is -0.387 e. The van der Waals surface area contributed by atoms with E-state index in [1.165, 1.54) is 19.8 Å². The second-order valence-electron chi connectivity index (χ2n) is 7.09. The predicted octanol–water partition coefficient (Wildman–Crippen LogP) is 0.0565. The van der Waals surface area contributed by atoms with E-state index >= 15 is 0 Å². The van der Waals surface area contributed by atoms with Crippen LogP contribution in [0.15, 0.2) is 0 Å². The molecule has 22 heavy (non-hydrogen) atoms. The van der Waals surface area contributed by atoms with Gasteiger partial charge in [-0.25, -0.2) is 0 Å². The number of amides is 2. The molecule has 0 aromatic heterocycles. The first-order chi connectivity index (χ1) is 10.5. The molecule has 1 N–H and O–H groups in total. The summed E-state index contributed by atoms with van der Waals surface area (Å²) >= 11 is 0. The highest BCUT2D eigenvalue weighted by atomic mass is 16.3. The zero-order chi connectivity index (χ0) is 15.7. The molecule has 0 radical (unpaired) electrons. The first kappa shape index (κ1) is 15.7. The maximum absolute atomic E-state index is 12.7. The number of hydrogen-bond donors (Lipinski definition) is 1. The van der Waals surface area contributed by atoms with Gasteiger partial charge in [0.15, 0.2) is 0 Å². The van der Waals surface area contributed by atoms with Crippen LogP contribution >= 0.6 is 0 Å². The molecule has 6 heteroatoms. The molecule has 3 saturated heterocycles. The highest BCUT2D eigenvalue weighted by Gasteiger charge is 2.43. The van der Waals surface area contributed by atoms with Gasteiger partial charge in [0.05, 0.1) is 12.1 Å². The topological polar surface area (TPSA) is 64.1 Å². The first-order valence-electron chi connectivity index (χ1n) is 8.49. The van der Waals surface area contributed by atoms with E-state index in [0.717, 1.165) is 25.9 Å². The van der Waals surface area contributed by atoms with Gasteiger partial charge in [-0.1, -0.05) is 0 Å². The summed E-state index contributed by atoms with van der Waals surface area (Å²) < 4.78 is 0. The summed E-state index contributed by atoms with van der Waals surface area (Å²) in [7, 11) is 0. The lowest BCUT2D eigenvalue weighted by molar-refractivity contribution is -0.142. The Balaban J connectivity index is 1.59. The molecule has 2 atom stereocenters. The maximum Gasteiger partial charge on any atom is 0.245 e. The van der Waals surface area contributed by atoms with Gasteiger partial charge >= 0.3 is 0 Å². The molecule has 3 aliphatic rings. The summed E-state index contributed by atoms with van der Waals surface area (Å²) in [6.45, 7) is 5.98. The predicted molar refractivity (Wildman–Crippen MR) is 82.2 cm³/mol. The van der Waals surface area contributed by atoms with Crippen molar-refractivity contribution in [2.24, 2.45) is 0 Å². The van der Waals surface area contributed by atoms with E-state index in [0.29, 0.717) is 32.6 Å². The summed E-state index contributed by atoms with van der Waals surface area (Å²) in [6.07, 6.45) is 4.69. The number of rotatable bonds is 3. The van der Waals surface area contributed by atoms with Gasteiger partial charge < -0.3 is 19.8 Å². The third-order valence-corrected chi connectivity index (χ3v) is 5.30. The number of carbonyl (C=O) groups excluding carboxylic acids is 2. The van der Waals surface area contributed by atoms with Gasteiger partial charge in [-0.05, 0) is 45.2 Å². The molecule has 0 unspecified atom stereocenters. The number of carbonyl (C=O) groups is 2. The molecule has 6 nitrogen and oxygen atoms in total. The summed E-state index contributed by atoms with van der Waals surface area (Å²) in [5, 5.41) is 10.8. The van der Waals surface area contributed by atoms with Gasteiger partial charge in [-0.3, -0.25) is 9.59 Å². The molecular formula is C16H27N3O3. The van der Waals surface area contributed by atoms with Crippen LogP contribution in [0.5, 0.6) is 0 Å². The smallest absolute Gasteiger partial charge is 0.245 e. The molecule has 0 saturated carbocycles. The van der Waals surface area contributed by atoms with Gasteiger partial charge in [0.1, 0.15) is 6.04 Å². The summed E-state index contributed by atoms with van der Waals surface area (Å²) in [4.78, 5) is 30.1. The Kier molecular flexibility index (Phi) is 4.41. The highest BCUT2D eigenvalue weighted by Crippen LogP contribution is 2.27. The van der Waals surface area contributed by atoms with Crippen LogP contribution in [0, 0.1) is 0 Å². The molecule has 0 aliphatic carbocycles. The van der Waals surface area contributed by atoms with Gasteiger partial charge in [0, 0.05) is 26.6 Å². The minimum absolute atomic E-state index is 0.0186. The summed E-state index contributed by atoms with van der Waals surface area (Å²) in [5.41, 5.74) is -0.778. The van der Waals surface area contributed by atoms with Crippen molar-refractivity contribution in [3.63, 3.8) is 0 Å². The largest absolute Gasteiger partial charge is 0.387 e. The quantitative estimate of drug-likeness (QED) is 0.800. The summed E-state index contributed by atoms with van der Waals surface area (Å²) in [6, 6.07) is -0.313. The van der Waals surface area contributed by atoms with Gasteiger partial charge in [0.2, 0.25) is 11.8 Å². The lowest BCUT2D eigenvalue weighted by Crippen LogP contribution is -2.49. The van der Waals surface area contributed by atoms with Gasteiger partial charge in [-0.15, -0.1) is 0 Å². The molecule has 3 heterocycles. The van der Waals surface area contributed by atoms with Crippen LogP contribution in [0.4, 0.5) is 0 Å². The number of hydrogen-bond acceptors (Lipinski definition) is 4. The molecule has 124 valence electrons. The van der Waals surface area contributed by atoms with Crippen LogP contribution in [0.1, 0.15) is 39.0 Å². The number of likely N-dealkylation sites (tertiary alicyclic amines) is 3. The van der Waals surface area contributed by atoms with Crippen LogP contribution in [-0.2, 0) is 9.59 Å². The SMILES string of the molecule is CC(=O)N1CCC[C@H]1C(=O)N1CC[C@](O)(CN2CCCC2)C1. The fourth-order valence-electron chi connectivity index (χ4n) is 4.14. The van der Waals surface area contributed by atoms with Crippen molar-refractivity contribution < 1.29 is 14.7 Å². The average molecular weight is 309 g/mol. The Morgan fingerprint density at radius 3 is 2.55 bits per heavy atom. The van der Waals surface area contributed by atoms with Crippen LogP contribution in [-0.4, -0.2) is 82.5 Å². The van der Waals surface area contributed by atoms with Crippen LogP contribution in [0.25, 0.3) is 0 Å². The standard InChI is InChI=1S/C16H27N3O3/c1-13(20)19-9-4-5-14(19)15(21)18-10-6-16(22,12-18)11-17-7-2-3-8-17/h14,22H,2-12H2,1H3/t14-,16-/m0/s1. The number of β-amino-alcohol motifs (C(OH)–C–C–N with tert-alkyl or cyclic N) is 1. The Labute approximate surface area is 132 Å². The zero-order valence-corrected chi connectivity index (χ0v) is 13.5. The van der Waals surface area contributed by atoms with Crippen LogP contribution in [0.2, 0.25) is 0 Å². The lowest BCUT2D eigenvalue weighted by Gasteiger charge is -2.30. The molecule has 3 rings (SSSR count). The Hall–Kier alpha value is -1.14. The molecular weight excluding hydrogens is 282 g/mol. The van der Waals surface area contributed by atoms with Crippen molar-refractivity contribution in [2.75, 3.05) is 39.3 Å². The van der Waals surface area contributed by atoms with Crippen molar-refractivity contribution in [2.45, 2.75) is 50.7 Å². The lowest BCUT2D eigenvalue weighted by atomic mass is 10.0. The van der Waals surface area contributed by atoms with Crippen molar-refractivity contribution in [3.05, 3.63) is 0 Å². The Morgan fingerprint density at radius 1 is 1.14 bits per heavy atom. The fourth-order valence-corrected chi connectivity index (χ4v) is 4.14. The monoisotopic (exact) mass is 309 g/mol. The second kappa shape index (κ2) is 6.16. The third-order valence-electron chi connectivity index (χ3n) is 5.30. The molecule has 3 fully saturated rings. The van der Waals surface area contributed by atoms with E-state index in [1.54, 1.807) is 9.80 Å². The molecule has 0 spiro atoms.